The van der Waals surface area contributed by atoms with Crippen molar-refractivity contribution in [3.8, 4) is 0 Å². The second-order valence-electron chi connectivity index (χ2n) is 2.52. The van der Waals surface area contributed by atoms with Gasteiger partial charge in [0.2, 0.25) is 22.3 Å². The van der Waals surface area contributed by atoms with E-state index in [1.54, 1.807) is 11.8 Å². The van der Waals surface area contributed by atoms with Crippen LogP contribution >= 0.6 is 15.9 Å². The Bertz CT molecular complexity index is 434. The highest BCUT2D eigenvalue weighted by atomic mass is 79.9. The molecule has 1 heterocycles. The van der Waals surface area contributed by atoms with Gasteiger partial charge in [-0.15, -0.1) is 0 Å². The molecule has 92 valence electrons. The van der Waals surface area contributed by atoms with E-state index in [2.05, 4.69) is 20.1 Å². The van der Waals surface area contributed by atoms with E-state index in [1.165, 1.54) is 0 Å². The first kappa shape index (κ1) is 15.3. The summed E-state index contributed by atoms with van der Waals surface area (Å²) in [5.41, 5.74) is 1.06. The number of nitrogens with zero attached hydrogens (tertiary/aromatic N) is 1. The topological polar surface area (TPSA) is 79.5 Å². The first-order chi connectivity index (χ1) is 7.31. The molecule has 0 atom stereocenters. The van der Waals surface area contributed by atoms with Crippen LogP contribution in [-0.2, 0) is 14.6 Å². The normalized spacial score (nSPS) is 10.3. The summed E-state index contributed by atoms with van der Waals surface area (Å²) in [4.78, 5) is 5.01. The predicted molar refractivity (Wildman–Crippen MR) is 58.3 cm³/mol. The van der Waals surface area contributed by atoms with Gasteiger partial charge in [-0.3, -0.25) is 9.02 Å². The molecule has 6 nitrogen and oxygen atoms in total. The van der Waals surface area contributed by atoms with Crippen molar-refractivity contribution in [3.05, 3.63) is 28.5 Å². The van der Waals surface area contributed by atoms with Crippen molar-refractivity contribution in [2.45, 2.75) is 6.92 Å². The molecule has 0 aliphatic carbocycles. The summed E-state index contributed by atoms with van der Waals surface area (Å²) in [7, 11) is -1.97. The lowest BCUT2D eigenvalue weighted by Crippen LogP contribution is -2.43. The highest BCUT2D eigenvalue weighted by molar-refractivity contribution is 9.10. The van der Waals surface area contributed by atoms with Gasteiger partial charge in [0.1, 0.15) is 7.11 Å². The maximum absolute atomic E-state index is 9.22. The molecule has 1 aromatic heterocycles. The zero-order chi connectivity index (χ0) is 12.8. The van der Waals surface area contributed by atoms with E-state index in [0.717, 1.165) is 17.3 Å². The number of hydrogen-bond donors (Lipinski definition) is 0. The van der Waals surface area contributed by atoms with Crippen LogP contribution in [0.15, 0.2) is 22.8 Å². The average molecular weight is 314 g/mol. The monoisotopic (exact) mass is 313 g/mol. The number of halogens is 1. The van der Waals surface area contributed by atoms with Crippen LogP contribution in [0.1, 0.15) is 5.69 Å². The Labute approximate surface area is 103 Å². The van der Waals surface area contributed by atoms with E-state index in [4.69, 9.17) is 4.84 Å². The number of hydrogen-bond acceptors (Lipinski definition) is 5. The quantitative estimate of drug-likeness (QED) is 0.442. The van der Waals surface area contributed by atoms with Crippen molar-refractivity contribution in [2.24, 2.45) is 0 Å². The van der Waals surface area contributed by atoms with Crippen LogP contribution in [0, 0.1) is 6.92 Å². The molecular formula is C8H12BrNO5S. The van der Waals surface area contributed by atoms with Crippen molar-refractivity contribution in [1.29, 1.82) is 0 Å². The van der Waals surface area contributed by atoms with E-state index in [0.29, 0.717) is 0 Å². The van der Waals surface area contributed by atoms with Gasteiger partial charge in [-0.25, -0.2) is 8.42 Å². The van der Waals surface area contributed by atoms with Crippen LogP contribution in [0.3, 0.4) is 0 Å². The van der Waals surface area contributed by atoms with E-state index in [9.17, 15) is 13.0 Å². The largest absolute Gasteiger partial charge is 0.726 e. The van der Waals surface area contributed by atoms with Gasteiger partial charge in [0.05, 0.1) is 11.6 Å². The van der Waals surface area contributed by atoms with Crippen LogP contribution < -0.4 is 9.57 Å². The Hall–Kier alpha value is -0.700. The van der Waals surface area contributed by atoms with Gasteiger partial charge in [-0.2, -0.15) is 0 Å². The molecule has 0 saturated carbocycles. The van der Waals surface area contributed by atoms with E-state index in [1.807, 2.05) is 25.3 Å². The van der Waals surface area contributed by atoms with E-state index < -0.39 is 10.4 Å². The molecule has 0 aromatic carbocycles. The maximum atomic E-state index is 9.22. The average Bonchev–Trinajstić information content (AvgIpc) is 2.22. The first-order valence-corrected chi connectivity index (χ1v) is 6.17. The summed E-state index contributed by atoms with van der Waals surface area (Å²) >= 11 is 3.39. The van der Waals surface area contributed by atoms with Gasteiger partial charge in [-0.1, -0.05) is 0 Å². The first-order valence-electron chi connectivity index (χ1n) is 4.04. The SMILES string of the molecule is COS(=O)(=O)[O-].CO[n+]1cccc(Br)c1C. The van der Waals surface area contributed by atoms with Gasteiger partial charge in [0.25, 0.3) is 0 Å². The van der Waals surface area contributed by atoms with Gasteiger partial charge in [-0.05, 0) is 22.0 Å². The Morgan fingerprint density at radius 2 is 1.94 bits per heavy atom. The van der Waals surface area contributed by atoms with E-state index >= 15 is 0 Å². The van der Waals surface area contributed by atoms with E-state index in [-0.39, 0.29) is 0 Å². The fraction of sp³-hybridized carbons (Fsp3) is 0.375. The lowest BCUT2D eigenvalue weighted by molar-refractivity contribution is -0.890. The molecule has 0 saturated heterocycles. The van der Waals surface area contributed by atoms with Gasteiger partial charge >= 0.3 is 0 Å². The predicted octanol–water partition coefficient (Wildman–Crippen LogP) is 0.196. The molecule has 0 N–H and O–H groups in total. The molecule has 1 rings (SSSR count). The van der Waals surface area contributed by atoms with Gasteiger partial charge < -0.3 is 4.55 Å². The lowest BCUT2D eigenvalue weighted by atomic mass is 10.4. The van der Waals surface area contributed by atoms with Gasteiger partial charge in [0.15, 0.2) is 0 Å². The molecular weight excluding hydrogens is 302 g/mol. The molecule has 0 aliphatic heterocycles. The van der Waals surface area contributed by atoms with Crippen molar-refractivity contribution in [1.82, 2.24) is 0 Å². The number of rotatable bonds is 2. The summed E-state index contributed by atoms with van der Waals surface area (Å²) < 4.78 is 33.8. The lowest BCUT2D eigenvalue weighted by Gasteiger charge is -1.98. The fourth-order valence-electron chi connectivity index (χ4n) is 0.741. The Morgan fingerprint density at radius 1 is 1.44 bits per heavy atom. The molecule has 0 unspecified atom stereocenters. The van der Waals surface area contributed by atoms with Crippen LogP contribution in [0.2, 0.25) is 0 Å². The zero-order valence-electron chi connectivity index (χ0n) is 9.01. The number of pyridine rings is 1. The minimum atomic E-state index is -4.41. The zero-order valence-corrected chi connectivity index (χ0v) is 11.4. The molecule has 8 heteroatoms. The molecule has 16 heavy (non-hydrogen) atoms. The maximum Gasteiger partial charge on any atom is 0.245 e. The highest BCUT2D eigenvalue weighted by Crippen LogP contribution is 2.09. The third kappa shape index (κ3) is 6.01. The fourth-order valence-corrected chi connectivity index (χ4v) is 1.07. The summed E-state index contributed by atoms with van der Waals surface area (Å²) in [6, 6.07) is 3.89. The third-order valence-corrected chi connectivity index (χ3v) is 2.79. The Kier molecular flexibility index (Phi) is 6.49. The molecule has 0 aliphatic rings. The van der Waals surface area contributed by atoms with Crippen molar-refractivity contribution in [3.63, 3.8) is 0 Å². The minimum Gasteiger partial charge on any atom is -0.726 e. The molecule has 1 aromatic rings. The second kappa shape index (κ2) is 6.79. The van der Waals surface area contributed by atoms with Crippen LogP contribution in [0.5, 0.6) is 0 Å². The highest BCUT2D eigenvalue weighted by Gasteiger charge is 2.07. The molecule has 0 fully saturated rings. The van der Waals surface area contributed by atoms with Gasteiger partial charge in [0, 0.05) is 17.7 Å². The van der Waals surface area contributed by atoms with Crippen LogP contribution in [-0.4, -0.2) is 27.2 Å². The molecule has 0 bridgehead atoms. The van der Waals surface area contributed by atoms with Crippen molar-refractivity contribution < 1.29 is 26.7 Å². The Morgan fingerprint density at radius 3 is 2.25 bits per heavy atom. The third-order valence-electron chi connectivity index (χ3n) is 1.54. The van der Waals surface area contributed by atoms with Crippen molar-refractivity contribution in [2.75, 3.05) is 14.2 Å². The summed E-state index contributed by atoms with van der Waals surface area (Å²) in [5.74, 6) is 0. The number of aromatic nitrogens is 1. The summed E-state index contributed by atoms with van der Waals surface area (Å²) in [6.45, 7) is 1.98. The summed E-state index contributed by atoms with van der Waals surface area (Å²) in [5, 5.41) is 0. The van der Waals surface area contributed by atoms with Crippen molar-refractivity contribution >= 4 is 26.3 Å². The molecule has 0 spiro atoms. The van der Waals surface area contributed by atoms with Crippen LogP contribution in [0.25, 0.3) is 0 Å². The standard InChI is InChI=1S/C7H9BrNO.CH4O4S/c1-6-7(8)4-3-5-9(6)10-2;1-5-6(2,3)4/h3-5H,1-2H3;1H3,(H,2,3,4)/q+1;/p-1. The molecule has 0 radical (unpaired) electrons. The second-order valence-corrected chi connectivity index (χ2v) is 4.53. The van der Waals surface area contributed by atoms with Crippen LogP contribution in [0.4, 0.5) is 0 Å². The smallest absolute Gasteiger partial charge is 0.245 e. The minimum absolute atomic E-state index is 0.808. The summed E-state index contributed by atoms with van der Waals surface area (Å²) in [6.07, 6.45) is 1.86. The molecule has 0 amide bonds. The Balaban J connectivity index is 0.000000325.